The predicted molar refractivity (Wildman–Crippen MR) is 53.4 cm³/mol. The number of aliphatic hydroxyl groups is 1. The highest BCUT2D eigenvalue weighted by Crippen LogP contribution is 2.17. The molecule has 2 heteroatoms. The van der Waals surface area contributed by atoms with E-state index in [0.717, 1.165) is 12.1 Å². The minimum absolute atomic E-state index is 0.701. The van der Waals surface area contributed by atoms with Gasteiger partial charge in [0.25, 0.3) is 0 Å². The van der Waals surface area contributed by atoms with Crippen molar-refractivity contribution in [2.75, 3.05) is 0 Å². The van der Waals surface area contributed by atoms with Gasteiger partial charge in [-0.05, 0) is 26.0 Å². The van der Waals surface area contributed by atoms with Crippen molar-refractivity contribution in [1.29, 1.82) is 0 Å². The molecule has 0 fully saturated rings. The number of nitrogens with zero attached hydrogens (tertiary/aromatic N) is 1. The molecular weight excluding hydrogens is 162 g/mol. The fourth-order valence-corrected chi connectivity index (χ4v) is 1.08. The molecule has 0 amide bonds. The van der Waals surface area contributed by atoms with Crippen LogP contribution in [0.3, 0.4) is 0 Å². The van der Waals surface area contributed by atoms with E-state index in [2.05, 4.69) is 11.6 Å². The molecule has 1 aromatic heterocycles. The third-order valence-corrected chi connectivity index (χ3v) is 1.79. The van der Waals surface area contributed by atoms with Crippen LogP contribution in [-0.4, -0.2) is 10.1 Å². The number of pyridine rings is 1. The van der Waals surface area contributed by atoms with Gasteiger partial charge in [0.05, 0.1) is 5.69 Å². The maximum absolute atomic E-state index is 9.69. The smallest absolute Gasteiger partial charge is 0.101 e. The standard InChI is InChI=1S/C11H15NO/c1-4-6-9-7-5-8-10(12-9)11(2,3)13/h4-5,7-8,13H,1,6H2,2-3H3. The van der Waals surface area contributed by atoms with E-state index in [-0.39, 0.29) is 0 Å². The van der Waals surface area contributed by atoms with E-state index in [1.165, 1.54) is 0 Å². The molecule has 0 aliphatic carbocycles. The summed E-state index contributed by atoms with van der Waals surface area (Å²) in [7, 11) is 0. The lowest BCUT2D eigenvalue weighted by Gasteiger charge is -2.16. The summed E-state index contributed by atoms with van der Waals surface area (Å²) in [5, 5.41) is 9.69. The van der Waals surface area contributed by atoms with Crippen molar-refractivity contribution in [2.24, 2.45) is 0 Å². The monoisotopic (exact) mass is 177 g/mol. The van der Waals surface area contributed by atoms with Gasteiger partial charge in [-0.15, -0.1) is 6.58 Å². The Morgan fingerprint density at radius 2 is 2.23 bits per heavy atom. The molecule has 0 spiro atoms. The van der Waals surface area contributed by atoms with Crippen LogP contribution in [0.15, 0.2) is 30.9 Å². The van der Waals surface area contributed by atoms with Crippen LogP contribution in [-0.2, 0) is 12.0 Å². The molecule has 0 radical (unpaired) electrons. The summed E-state index contributed by atoms with van der Waals surface area (Å²) < 4.78 is 0. The summed E-state index contributed by atoms with van der Waals surface area (Å²) in [6, 6.07) is 5.66. The van der Waals surface area contributed by atoms with E-state index in [0.29, 0.717) is 5.69 Å². The van der Waals surface area contributed by atoms with E-state index in [9.17, 15) is 5.11 Å². The third-order valence-electron chi connectivity index (χ3n) is 1.79. The van der Waals surface area contributed by atoms with Crippen LogP contribution < -0.4 is 0 Å². The van der Waals surface area contributed by atoms with Gasteiger partial charge in [-0.1, -0.05) is 12.1 Å². The molecule has 0 saturated carbocycles. The number of hydrogen-bond acceptors (Lipinski definition) is 2. The summed E-state index contributed by atoms with van der Waals surface area (Å²) in [5.74, 6) is 0. The molecule has 2 nitrogen and oxygen atoms in total. The molecule has 70 valence electrons. The molecule has 1 aromatic rings. The summed E-state index contributed by atoms with van der Waals surface area (Å²) in [6.07, 6.45) is 2.54. The summed E-state index contributed by atoms with van der Waals surface area (Å²) in [4.78, 5) is 4.31. The Morgan fingerprint density at radius 3 is 2.77 bits per heavy atom. The van der Waals surface area contributed by atoms with Crippen LogP contribution in [0, 0.1) is 0 Å². The van der Waals surface area contributed by atoms with Crippen LogP contribution in [0.4, 0.5) is 0 Å². The van der Waals surface area contributed by atoms with E-state index >= 15 is 0 Å². The zero-order chi connectivity index (χ0) is 9.90. The lowest BCUT2D eigenvalue weighted by atomic mass is 10.0. The largest absolute Gasteiger partial charge is 0.384 e. The molecule has 0 aliphatic heterocycles. The predicted octanol–water partition coefficient (Wildman–Crippen LogP) is 2.04. The van der Waals surface area contributed by atoms with Crippen LogP contribution in [0.2, 0.25) is 0 Å². The quantitative estimate of drug-likeness (QED) is 0.717. The molecule has 0 aliphatic rings. The first-order valence-electron chi connectivity index (χ1n) is 4.33. The minimum atomic E-state index is -0.864. The summed E-state index contributed by atoms with van der Waals surface area (Å²) in [6.45, 7) is 7.10. The lowest BCUT2D eigenvalue weighted by molar-refractivity contribution is 0.0736. The average Bonchev–Trinajstić information content (AvgIpc) is 2.04. The van der Waals surface area contributed by atoms with Gasteiger partial charge in [0, 0.05) is 12.1 Å². The topological polar surface area (TPSA) is 33.1 Å². The number of rotatable bonds is 3. The van der Waals surface area contributed by atoms with Gasteiger partial charge >= 0.3 is 0 Å². The molecule has 1 N–H and O–H groups in total. The maximum atomic E-state index is 9.69. The zero-order valence-electron chi connectivity index (χ0n) is 8.12. The highest BCUT2D eigenvalue weighted by Gasteiger charge is 2.17. The van der Waals surface area contributed by atoms with Crippen molar-refractivity contribution < 1.29 is 5.11 Å². The van der Waals surface area contributed by atoms with Gasteiger partial charge in [0.15, 0.2) is 0 Å². The molecule has 0 unspecified atom stereocenters. The summed E-state index contributed by atoms with van der Waals surface area (Å²) in [5.41, 5.74) is 0.776. The van der Waals surface area contributed by atoms with Crippen molar-refractivity contribution in [1.82, 2.24) is 4.98 Å². The van der Waals surface area contributed by atoms with E-state index in [1.807, 2.05) is 18.2 Å². The second-order valence-corrected chi connectivity index (χ2v) is 3.57. The Labute approximate surface area is 78.9 Å². The van der Waals surface area contributed by atoms with Crippen LogP contribution in [0.25, 0.3) is 0 Å². The number of aromatic nitrogens is 1. The average molecular weight is 177 g/mol. The molecule has 13 heavy (non-hydrogen) atoms. The zero-order valence-corrected chi connectivity index (χ0v) is 8.12. The van der Waals surface area contributed by atoms with Crippen molar-refractivity contribution >= 4 is 0 Å². The molecule has 1 heterocycles. The van der Waals surface area contributed by atoms with E-state index in [1.54, 1.807) is 19.9 Å². The summed E-state index contributed by atoms with van der Waals surface area (Å²) >= 11 is 0. The van der Waals surface area contributed by atoms with Gasteiger partial charge in [-0.25, -0.2) is 0 Å². The Hall–Kier alpha value is -1.15. The SMILES string of the molecule is C=CCc1cccc(C(C)(C)O)n1. The van der Waals surface area contributed by atoms with Gasteiger partial charge in [-0.3, -0.25) is 4.98 Å². The number of hydrogen-bond donors (Lipinski definition) is 1. The normalized spacial score (nSPS) is 11.3. The Balaban J connectivity index is 2.98. The lowest BCUT2D eigenvalue weighted by Crippen LogP contribution is -2.17. The van der Waals surface area contributed by atoms with Crippen molar-refractivity contribution in [3.8, 4) is 0 Å². The molecule has 0 atom stereocenters. The van der Waals surface area contributed by atoms with Crippen LogP contribution in [0.1, 0.15) is 25.2 Å². The molecule has 0 saturated heterocycles. The van der Waals surface area contributed by atoms with E-state index in [4.69, 9.17) is 0 Å². The molecule has 0 aromatic carbocycles. The fraction of sp³-hybridized carbons (Fsp3) is 0.364. The first kappa shape index (κ1) is 9.93. The fourth-order valence-electron chi connectivity index (χ4n) is 1.08. The second kappa shape index (κ2) is 3.71. The first-order chi connectivity index (χ1) is 6.04. The van der Waals surface area contributed by atoms with E-state index < -0.39 is 5.60 Å². The van der Waals surface area contributed by atoms with Gasteiger partial charge in [0.1, 0.15) is 5.60 Å². The molecule has 1 rings (SSSR count). The maximum Gasteiger partial charge on any atom is 0.101 e. The van der Waals surface area contributed by atoms with Crippen molar-refractivity contribution in [3.63, 3.8) is 0 Å². The third kappa shape index (κ3) is 2.67. The van der Waals surface area contributed by atoms with Gasteiger partial charge in [0.2, 0.25) is 0 Å². The van der Waals surface area contributed by atoms with Crippen LogP contribution in [0.5, 0.6) is 0 Å². The molecule has 0 bridgehead atoms. The van der Waals surface area contributed by atoms with Gasteiger partial charge in [-0.2, -0.15) is 0 Å². The van der Waals surface area contributed by atoms with Crippen molar-refractivity contribution in [2.45, 2.75) is 25.9 Å². The Bertz CT molecular complexity index is 299. The highest BCUT2D eigenvalue weighted by molar-refractivity contribution is 5.17. The highest BCUT2D eigenvalue weighted by atomic mass is 16.3. The number of allylic oxidation sites excluding steroid dienone is 1. The van der Waals surface area contributed by atoms with Crippen LogP contribution >= 0.6 is 0 Å². The minimum Gasteiger partial charge on any atom is -0.384 e. The Kier molecular flexibility index (Phi) is 2.83. The second-order valence-electron chi connectivity index (χ2n) is 3.57. The van der Waals surface area contributed by atoms with Crippen molar-refractivity contribution in [3.05, 3.63) is 42.2 Å². The first-order valence-corrected chi connectivity index (χ1v) is 4.33. The van der Waals surface area contributed by atoms with Gasteiger partial charge < -0.3 is 5.11 Å². The molecular formula is C11H15NO. The Morgan fingerprint density at radius 1 is 1.54 bits per heavy atom.